The lowest BCUT2D eigenvalue weighted by atomic mass is 9.70. The maximum absolute atomic E-state index is 12.8. The van der Waals surface area contributed by atoms with Crippen LogP contribution in [0.5, 0.6) is 0 Å². The van der Waals surface area contributed by atoms with Crippen molar-refractivity contribution in [2.45, 2.75) is 39.0 Å². The van der Waals surface area contributed by atoms with Crippen molar-refractivity contribution < 1.29 is 14.8 Å². The van der Waals surface area contributed by atoms with Gasteiger partial charge in [-0.2, -0.15) is 0 Å². The molecular formula is C18H21N3O3. The van der Waals surface area contributed by atoms with Crippen LogP contribution in [0, 0.1) is 5.41 Å². The third-order valence-electron chi connectivity index (χ3n) is 4.87. The Bertz CT molecular complexity index is 789. The first-order chi connectivity index (χ1) is 11.3. The van der Waals surface area contributed by atoms with Gasteiger partial charge in [-0.1, -0.05) is 25.6 Å². The van der Waals surface area contributed by atoms with Crippen LogP contribution in [0.25, 0.3) is 5.57 Å². The number of Topliss-reactive ketones (excluding diaryl/α,β-unsaturated/α-hetero) is 1. The zero-order valence-electron chi connectivity index (χ0n) is 14.1. The Morgan fingerprint density at radius 3 is 2.67 bits per heavy atom. The van der Waals surface area contributed by atoms with Gasteiger partial charge in [0.15, 0.2) is 5.78 Å². The van der Waals surface area contributed by atoms with E-state index in [4.69, 9.17) is 5.21 Å². The minimum absolute atomic E-state index is 0.00515. The van der Waals surface area contributed by atoms with Crippen molar-refractivity contribution in [3.8, 4) is 0 Å². The lowest BCUT2D eigenvalue weighted by Gasteiger charge is -2.34. The zero-order valence-corrected chi connectivity index (χ0v) is 14.1. The van der Waals surface area contributed by atoms with Crippen molar-refractivity contribution in [3.05, 3.63) is 34.7 Å². The molecular weight excluding hydrogens is 306 g/mol. The molecule has 0 atom stereocenters. The maximum Gasteiger partial charge on any atom is 0.253 e. The van der Waals surface area contributed by atoms with E-state index in [2.05, 4.69) is 22.0 Å². The number of rotatable bonds is 3. The molecule has 1 amide bonds. The number of pyridine rings is 1. The quantitative estimate of drug-likeness (QED) is 0.507. The van der Waals surface area contributed by atoms with Gasteiger partial charge in [-0.3, -0.25) is 9.59 Å². The molecule has 2 aliphatic carbocycles. The molecule has 2 aliphatic rings. The summed E-state index contributed by atoms with van der Waals surface area (Å²) in [5, 5.41) is 14.6. The summed E-state index contributed by atoms with van der Waals surface area (Å²) in [6, 6.07) is 0. The molecule has 3 rings (SSSR count). The summed E-state index contributed by atoms with van der Waals surface area (Å²) in [5.41, 5.74) is 2.77. The minimum atomic E-state index is -0.389. The van der Waals surface area contributed by atoms with Crippen LogP contribution in [-0.2, 0) is 0 Å². The number of fused-ring (bicyclic) bond motifs is 1. The van der Waals surface area contributed by atoms with Crippen LogP contribution >= 0.6 is 0 Å². The molecule has 126 valence electrons. The van der Waals surface area contributed by atoms with Crippen molar-refractivity contribution >= 4 is 23.5 Å². The summed E-state index contributed by atoms with van der Waals surface area (Å²) < 4.78 is 0. The first-order valence-electron chi connectivity index (χ1n) is 8.02. The second kappa shape index (κ2) is 5.54. The first-order valence-corrected chi connectivity index (χ1v) is 8.02. The van der Waals surface area contributed by atoms with E-state index in [0.29, 0.717) is 23.2 Å². The van der Waals surface area contributed by atoms with Gasteiger partial charge in [0.1, 0.15) is 0 Å². The van der Waals surface area contributed by atoms with E-state index >= 15 is 0 Å². The van der Waals surface area contributed by atoms with Crippen molar-refractivity contribution in [3.63, 3.8) is 0 Å². The Balaban J connectivity index is 2.38. The second-order valence-corrected chi connectivity index (χ2v) is 7.07. The highest BCUT2D eigenvalue weighted by atomic mass is 16.4. The van der Waals surface area contributed by atoms with Crippen LogP contribution in [0.1, 0.15) is 76.7 Å². The van der Waals surface area contributed by atoms with E-state index in [1.54, 1.807) is 0 Å². The van der Waals surface area contributed by atoms with Gasteiger partial charge in [0.05, 0.1) is 23.2 Å². The van der Waals surface area contributed by atoms with Crippen LogP contribution in [0.4, 0.5) is 0 Å². The maximum atomic E-state index is 12.8. The first kappa shape index (κ1) is 16.4. The van der Waals surface area contributed by atoms with Crippen LogP contribution in [0.15, 0.2) is 11.7 Å². The number of oxime groups is 1. The van der Waals surface area contributed by atoms with E-state index in [0.717, 1.165) is 30.2 Å². The minimum Gasteiger partial charge on any atom is -0.411 e. The molecule has 1 aromatic rings. The number of carbonyl (C=O) groups is 2. The highest BCUT2D eigenvalue weighted by molar-refractivity contribution is 6.11. The number of carbonyl (C=O) groups excluding carboxylic acids is 2. The molecule has 1 fully saturated rings. The van der Waals surface area contributed by atoms with E-state index in [1.165, 1.54) is 7.05 Å². The number of nitrogens with zero attached hydrogens (tertiary/aromatic N) is 2. The lowest BCUT2D eigenvalue weighted by Crippen LogP contribution is -2.31. The number of hydrogen-bond acceptors (Lipinski definition) is 5. The molecule has 0 bridgehead atoms. The normalized spacial score (nSPS) is 19.5. The molecule has 0 unspecified atom stereocenters. The van der Waals surface area contributed by atoms with E-state index in [1.807, 2.05) is 13.8 Å². The third kappa shape index (κ3) is 2.42. The monoisotopic (exact) mass is 327 g/mol. The van der Waals surface area contributed by atoms with Gasteiger partial charge in [-0.15, -0.1) is 0 Å². The number of allylic oxidation sites excluding steroid dienone is 1. The molecule has 1 aromatic heterocycles. The highest BCUT2D eigenvalue weighted by Gasteiger charge is 2.42. The Labute approximate surface area is 140 Å². The summed E-state index contributed by atoms with van der Waals surface area (Å²) in [4.78, 5) is 29.8. The Hall–Kier alpha value is -2.50. The molecule has 0 spiro atoms. The average Bonchev–Trinajstić information content (AvgIpc) is 3.35. The number of aromatic nitrogens is 1. The fraction of sp³-hybridized carbons (Fsp3) is 0.444. The van der Waals surface area contributed by atoms with Gasteiger partial charge in [0, 0.05) is 19.0 Å². The Morgan fingerprint density at radius 2 is 2.12 bits per heavy atom. The van der Waals surface area contributed by atoms with Crippen molar-refractivity contribution in [1.82, 2.24) is 10.3 Å². The molecule has 24 heavy (non-hydrogen) atoms. The van der Waals surface area contributed by atoms with E-state index < -0.39 is 0 Å². The Morgan fingerprint density at radius 1 is 1.46 bits per heavy atom. The van der Waals surface area contributed by atoms with Gasteiger partial charge >= 0.3 is 0 Å². The van der Waals surface area contributed by atoms with Gasteiger partial charge in [0.2, 0.25) is 0 Å². The fourth-order valence-corrected chi connectivity index (χ4v) is 3.33. The summed E-state index contributed by atoms with van der Waals surface area (Å²) >= 11 is 0. The average molecular weight is 327 g/mol. The lowest BCUT2D eigenvalue weighted by molar-refractivity contribution is 0.0943. The van der Waals surface area contributed by atoms with Crippen molar-refractivity contribution in [2.75, 3.05) is 7.05 Å². The smallest absolute Gasteiger partial charge is 0.253 e. The molecule has 6 heteroatoms. The van der Waals surface area contributed by atoms with Crippen LogP contribution in [-0.4, -0.2) is 35.1 Å². The van der Waals surface area contributed by atoms with Crippen molar-refractivity contribution in [1.29, 1.82) is 0 Å². The number of hydrogen-bond donors (Lipinski definition) is 2. The largest absolute Gasteiger partial charge is 0.411 e. The molecule has 0 aromatic carbocycles. The third-order valence-corrected chi connectivity index (χ3v) is 4.87. The topological polar surface area (TPSA) is 91.7 Å². The standard InChI is InChI=1S/C18H21N3O3/c1-9-16-15(12(22)7-18(9,2)3)13(10-5-6-10)14(17(23)19-4)11(21-16)8-20-24/h8,10,24H,1,5-7H2,2-4H3,(H,19,23)/b20-8+. The molecule has 0 aliphatic heterocycles. The molecule has 1 heterocycles. The van der Waals surface area contributed by atoms with Crippen molar-refractivity contribution in [2.24, 2.45) is 10.6 Å². The molecule has 2 N–H and O–H groups in total. The molecule has 0 radical (unpaired) electrons. The SMILES string of the molecule is C=C1c2nc(/C=N/O)c(C(=O)NC)c(C3CC3)c2C(=O)CC1(C)C. The van der Waals surface area contributed by atoms with Gasteiger partial charge in [-0.05, 0) is 35.3 Å². The van der Waals surface area contributed by atoms with Gasteiger partial charge < -0.3 is 10.5 Å². The molecule has 0 saturated heterocycles. The predicted octanol–water partition coefficient (Wildman–Crippen LogP) is 2.75. The number of nitrogens with one attached hydrogen (secondary N) is 1. The van der Waals surface area contributed by atoms with E-state index in [-0.39, 0.29) is 28.7 Å². The molecule has 6 nitrogen and oxygen atoms in total. The summed E-state index contributed by atoms with van der Waals surface area (Å²) in [5.74, 6) is -0.169. The summed E-state index contributed by atoms with van der Waals surface area (Å²) in [6.07, 6.45) is 3.36. The van der Waals surface area contributed by atoms with Crippen LogP contribution in [0.2, 0.25) is 0 Å². The van der Waals surface area contributed by atoms with Gasteiger partial charge in [0.25, 0.3) is 5.91 Å². The summed E-state index contributed by atoms with van der Waals surface area (Å²) in [7, 11) is 1.53. The van der Waals surface area contributed by atoms with Crippen LogP contribution < -0.4 is 5.32 Å². The van der Waals surface area contributed by atoms with Crippen LogP contribution in [0.3, 0.4) is 0 Å². The number of ketones is 1. The Kier molecular flexibility index (Phi) is 3.78. The zero-order chi connectivity index (χ0) is 17.6. The fourth-order valence-electron chi connectivity index (χ4n) is 3.33. The van der Waals surface area contributed by atoms with E-state index in [9.17, 15) is 9.59 Å². The molecule has 1 saturated carbocycles. The number of amides is 1. The summed E-state index contributed by atoms with van der Waals surface area (Å²) in [6.45, 7) is 8.06. The second-order valence-electron chi connectivity index (χ2n) is 7.07. The highest BCUT2D eigenvalue weighted by Crippen LogP contribution is 2.50. The predicted molar refractivity (Wildman–Crippen MR) is 90.7 cm³/mol. The van der Waals surface area contributed by atoms with Gasteiger partial charge in [-0.25, -0.2) is 4.98 Å².